The maximum atomic E-state index is 5.52. The Morgan fingerprint density at radius 3 is 2.50 bits per heavy atom. The van der Waals surface area contributed by atoms with Crippen LogP contribution < -0.4 is 10.1 Å². The number of rotatable bonds is 8. The van der Waals surface area contributed by atoms with Gasteiger partial charge in [-0.3, -0.25) is 4.68 Å². The van der Waals surface area contributed by atoms with Crippen LogP contribution in [0.15, 0.2) is 6.20 Å². The molecular weight excluding hydrogens is 252 g/mol. The molecule has 0 bridgehead atoms. The van der Waals surface area contributed by atoms with Crippen LogP contribution in [0, 0.1) is 0 Å². The van der Waals surface area contributed by atoms with Crippen molar-refractivity contribution in [2.75, 3.05) is 27.7 Å². The number of ether oxygens (including phenoxy) is 1. The third-order valence-electron chi connectivity index (χ3n) is 4.10. The lowest BCUT2D eigenvalue weighted by Crippen LogP contribution is -2.50. The van der Waals surface area contributed by atoms with Crippen LogP contribution in [0.3, 0.4) is 0 Å². The number of hydrogen-bond acceptors (Lipinski definition) is 4. The summed E-state index contributed by atoms with van der Waals surface area (Å²) in [6.45, 7) is 10.6. The molecule has 5 heteroatoms. The topological polar surface area (TPSA) is 42.3 Å². The molecule has 1 heterocycles. The summed E-state index contributed by atoms with van der Waals surface area (Å²) >= 11 is 0. The van der Waals surface area contributed by atoms with Crippen molar-refractivity contribution in [3.63, 3.8) is 0 Å². The Labute approximate surface area is 123 Å². The first-order chi connectivity index (χ1) is 9.39. The molecule has 0 fully saturated rings. The zero-order chi connectivity index (χ0) is 15.3. The molecule has 0 aliphatic carbocycles. The van der Waals surface area contributed by atoms with Crippen molar-refractivity contribution in [3.05, 3.63) is 11.9 Å². The first kappa shape index (κ1) is 17.0. The molecule has 1 aromatic heterocycles. The highest BCUT2D eigenvalue weighted by atomic mass is 16.5. The lowest BCUT2D eigenvalue weighted by Gasteiger charge is -2.41. The van der Waals surface area contributed by atoms with Gasteiger partial charge in [-0.1, -0.05) is 6.92 Å². The fraction of sp³-hybridized carbons (Fsp3) is 0.800. The van der Waals surface area contributed by atoms with Crippen LogP contribution in [-0.4, -0.2) is 48.0 Å². The molecule has 116 valence electrons. The molecule has 0 radical (unpaired) electrons. The minimum Gasteiger partial charge on any atom is -0.493 e. The summed E-state index contributed by atoms with van der Waals surface area (Å²) in [6.07, 6.45) is 2.91. The summed E-state index contributed by atoms with van der Waals surface area (Å²) in [6, 6.07) is 0.162. The Morgan fingerprint density at radius 1 is 1.40 bits per heavy atom. The maximum absolute atomic E-state index is 5.52. The van der Waals surface area contributed by atoms with Crippen LogP contribution in [0.5, 0.6) is 5.75 Å². The van der Waals surface area contributed by atoms with Crippen molar-refractivity contribution >= 4 is 0 Å². The van der Waals surface area contributed by atoms with E-state index < -0.39 is 0 Å². The van der Waals surface area contributed by atoms with Crippen LogP contribution >= 0.6 is 0 Å². The number of nitrogens with zero attached hydrogens (tertiary/aromatic N) is 3. The molecule has 0 aromatic carbocycles. The van der Waals surface area contributed by atoms with E-state index in [0.717, 1.165) is 31.0 Å². The van der Waals surface area contributed by atoms with Crippen molar-refractivity contribution in [1.82, 2.24) is 20.0 Å². The number of aryl methyl sites for hydroxylation is 1. The highest BCUT2D eigenvalue weighted by Crippen LogP contribution is 2.34. The Morgan fingerprint density at radius 2 is 2.05 bits per heavy atom. The molecule has 0 saturated carbocycles. The molecule has 5 nitrogen and oxygen atoms in total. The van der Waals surface area contributed by atoms with Gasteiger partial charge in [-0.15, -0.1) is 0 Å². The van der Waals surface area contributed by atoms with E-state index in [2.05, 4.69) is 57.1 Å². The number of likely N-dealkylation sites (N-methyl/N-ethyl adjacent to an activating group) is 1. The monoisotopic (exact) mass is 282 g/mol. The normalized spacial score (nSPS) is 13.8. The van der Waals surface area contributed by atoms with E-state index in [1.54, 1.807) is 7.11 Å². The molecule has 1 rings (SSSR count). The average molecular weight is 282 g/mol. The Balaban J connectivity index is 3.26. The quantitative estimate of drug-likeness (QED) is 0.794. The van der Waals surface area contributed by atoms with Gasteiger partial charge in [0.05, 0.1) is 25.0 Å². The highest BCUT2D eigenvalue weighted by Gasteiger charge is 2.36. The van der Waals surface area contributed by atoms with Gasteiger partial charge >= 0.3 is 0 Å². The minimum atomic E-state index is -0.0462. The average Bonchev–Trinajstić information content (AvgIpc) is 2.81. The number of methoxy groups -OCH3 is 1. The van der Waals surface area contributed by atoms with E-state index in [4.69, 9.17) is 4.74 Å². The molecule has 0 saturated heterocycles. The van der Waals surface area contributed by atoms with E-state index in [1.807, 2.05) is 10.9 Å². The van der Waals surface area contributed by atoms with E-state index in [-0.39, 0.29) is 11.6 Å². The number of nitrogens with one attached hydrogen (secondary N) is 1. The molecule has 1 unspecified atom stereocenters. The van der Waals surface area contributed by atoms with Gasteiger partial charge in [-0.2, -0.15) is 5.10 Å². The Kier molecular flexibility index (Phi) is 6.02. The summed E-state index contributed by atoms with van der Waals surface area (Å²) in [5, 5.41) is 8.10. The summed E-state index contributed by atoms with van der Waals surface area (Å²) in [5.74, 6) is 0.857. The minimum absolute atomic E-state index is 0.0462. The zero-order valence-corrected chi connectivity index (χ0v) is 14.0. The predicted molar refractivity (Wildman–Crippen MR) is 83.3 cm³/mol. The van der Waals surface area contributed by atoms with Crippen molar-refractivity contribution in [2.45, 2.75) is 52.2 Å². The second-order valence-electron chi connectivity index (χ2n) is 5.85. The fourth-order valence-corrected chi connectivity index (χ4v) is 2.31. The number of aromatic nitrogens is 2. The Bertz CT molecular complexity index is 391. The lowest BCUT2D eigenvalue weighted by atomic mass is 9.90. The summed E-state index contributed by atoms with van der Waals surface area (Å²) in [5.41, 5.74) is 1.08. The predicted octanol–water partition coefficient (Wildman–Crippen LogP) is 2.29. The van der Waals surface area contributed by atoms with Crippen molar-refractivity contribution in [2.24, 2.45) is 0 Å². The summed E-state index contributed by atoms with van der Waals surface area (Å²) in [4.78, 5) is 2.24. The smallest absolute Gasteiger partial charge is 0.161 e. The first-order valence-electron chi connectivity index (χ1n) is 7.40. The van der Waals surface area contributed by atoms with Crippen LogP contribution in [-0.2, 0) is 6.54 Å². The Hall–Kier alpha value is -1.07. The van der Waals surface area contributed by atoms with Gasteiger partial charge < -0.3 is 15.0 Å². The molecule has 0 spiro atoms. The summed E-state index contributed by atoms with van der Waals surface area (Å²) < 4.78 is 7.55. The van der Waals surface area contributed by atoms with Crippen molar-refractivity contribution in [3.8, 4) is 5.75 Å². The van der Waals surface area contributed by atoms with Crippen LogP contribution in [0.4, 0.5) is 0 Å². The molecule has 0 aliphatic rings. The van der Waals surface area contributed by atoms with Crippen molar-refractivity contribution in [1.29, 1.82) is 0 Å². The lowest BCUT2D eigenvalue weighted by molar-refractivity contribution is 0.131. The van der Waals surface area contributed by atoms with E-state index in [9.17, 15) is 0 Å². The maximum Gasteiger partial charge on any atom is 0.161 e. The molecule has 0 amide bonds. The summed E-state index contributed by atoms with van der Waals surface area (Å²) in [7, 11) is 5.93. The molecule has 1 aromatic rings. The third kappa shape index (κ3) is 3.33. The van der Waals surface area contributed by atoms with Gasteiger partial charge in [-0.25, -0.2) is 0 Å². The van der Waals surface area contributed by atoms with Crippen LogP contribution in [0.1, 0.15) is 45.9 Å². The first-order valence-corrected chi connectivity index (χ1v) is 7.40. The fourth-order valence-electron chi connectivity index (χ4n) is 2.31. The van der Waals surface area contributed by atoms with Gasteiger partial charge in [0.2, 0.25) is 0 Å². The van der Waals surface area contributed by atoms with Gasteiger partial charge in [0, 0.05) is 12.1 Å². The van der Waals surface area contributed by atoms with Gasteiger partial charge in [0.1, 0.15) is 0 Å². The zero-order valence-electron chi connectivity index (χ0n) is 14.0. The molecule has 20 heavy (non-hydrogen) atoms. The second kappa shape index (κ2) is 7.09. The van der Waals surface area contributed by atoms with E-state index in [1.165, 1.54) is 0 Å². The highest BCUT2D eigenvalue weighted by molar-refractivity contribution is 5.31. The van der Waals surface area contributed by atoms with E-state index in [0.29, 0.717) is 0 Å². The second-order valence-corrected chi connectivity index (χ2v) is 5.85. The SMILES string of the molecule is CCCNC(c1c(OC)cnn1CC)C(C)(C)N(C)C. The van der Waals surface area contributed by atoms with Gasteiger partial charge in [-0.05, 0) is 47.8 Å². The van der Waals surface area contributed by atoms with Crippen LogP contribution in [0.2, 0.25) is 0 Å². The standard InChI is InChI=1S/C15H30N4O/c1-8-10-16-14(15(3,4)18(5)6)13-12(20-7)11-17-19(13)9-2/h11,14,16H,8-10H2,1-7H3. The van der Waals surface area contributed by atoms with Gasteiger partial charge in [0.25, 0.3) is 0 Å². The van der Waals surface area contributed by atoms with Crippen molar-refractivity contribution < 1.29 is 4.74 Å². The number of hydrogen-bond donors (Lipinski definition) is 1. The molecular formula is C15H30N4O. The molecule has 1 atom stereocenters. The molecule has 0 aliphatic heterocycles. The van der Waals surface area contributed by atoms with E-state index >= 15 is 0 Å². The largest absolute Gasteiger partial charge is 0.493 e. The molecule has 1 N–H and O–H groups in total. The van der Waals surface area contributed by atoms with Gasteiger partial charge in [0.15, 0.2) is 5.75 Å². The third-order valence-corrected chi connectivity index (χ3v) is 4.10. The van der Waals surface area contributed by atoms with Crippen LogP contribution in [0.25, 0.3) is 0 Å².